The molecule has 114 valence electrons. The predicted octanol–water partition coefficient (Wildman–Crippen LogP) is 2.79. The van der Waals surface area contributed by atoms with Gasteiger partial charge in [-0.15, -0.1) is 11.3 Å². The number of amides is 1. The van der Waals surface area contributed by atoms with Crippen LogP contribution in [0.25, 0.3) is 10.2 Å². The summed E-state index contributed by atoms with van der Waals surface area (Å²) in [6.45, 7) is 5.84. The smallest absolute Gasteiger partial charge is 0.266 e. The molecule has 0 spiro atoms. The van der Waals surface area contributed by atoms with Gasteiger partial charge in [-0.05, 0) is 25.7 Å². The maximum Gasteiger partial charge on any atom is 0.266 e. The topological polar surface area (TPSA) is 64.2 Å². The van der Waals surface area contributed by atoms with Crippen LogP contribution in [-0.2, 0) is 7.05 Å². The zero-order chi connectivity index (χ0) is 15.1. The number of nitrogen functional groups attached to an aromatic ring is 1. The average Bonchev–Trinajstić information content (AvgIpc) is 2.97. The lowest BCUT2D eigenvalue weighted by Gasteiger charge is -2.32. The van der Waals surface area contributed by atoms with Crippen molar-refractivity contribution >= 4 is 33.1 Å². The fraction of sp³-hybridized carbons (Fsp3) is 0.600. The van der Waals surface area contributed by atoms with Crippen molar-refractivity contribution in [3.63, 3.8) is 0 Å². The lowest BCUT2D eigenvalue weighted by Crippen LogP contribution is -2.39. The average molecular weight is 306 g/mol. The number of nitrogens with two attached hydrogens (primary N) is 1. The summed E-state index contributed by atoms with van der Waals surface area (Å²) in [5.74, 6) is 0.716. The van der Waals surface area contributed by atoms with Crippen molar-refractivity contribution < 1.29 is 4.79 Å². The maximum absolute atomic E-state index is 12.8. The fourth-order valence-electron chi connectivity index (χ4n) is 3.21. The second kappa shape index (κ2) is 5.33. The number of anilines is 1. The molecule has 3 heterocycles. The Morgan fingerprint density at radius 1 is 1.52 bits per heavy atom. The molecule has 1 unspecified atom stereocenters. The number of aryl methyl sites for hydroxylation is 2. The first-order chi connectivity index (χ1) is 10.0. The maximum atomic E-state index is 12.8. The van der Waals surface area contributed by atoms with E-state index in [1.165, 1.54) is 17.8 Å². The molecule has 0 aromatic carbocycles. The van der Waals surface area contributed by atoms with E-state index in [1.54, 1.807) is 0 Å². The van der Waals surface area contributed by atoms with E-state index >= 15 is 0 Å². The molecule has 2 aromatic heterocycles. The molecule has 0 aliphatic carbocycles. The van der Waals surface area contributed by atoms with Crippen LogP contribution < -0.4 is 5.73 Å². The number of thiophene rings is 1. The Bertz CT molecular complexity index is 687. The number of hydrogen-bond donors (Lipinski definition) is 1. The van der Waals surface area contributed by atoms with Crippen LogP contribution in [0, 0.1) is 12.8 Å². The van der Waals surface area contributed by atoms with Crippen LogP contribution in [0.4, 0.5) is 5.69 Å². The summed E-state index contributed by atoms with van der Waals surface area (Å²) in [5, 5.41) is 5.31. The Morgan fingerprint density at radius 2 is 2.29 bits per heavy atom. The van der Waals surface area contributed by atoms with Crippen molar-refractivity contribution in [1.82, 2.24) is 14.7 Å². The lowest BCUT2D eigenvalue weighted by molar-refractivity contribution is 0.0677. The zero-order valence-corrected chi connectivity index (χ0v) is 13.7. The highest BCUT2D eigenvalue weighted by Gasteiger charge is 2.28. The molecule has 21 heavy (non-hydrogen) atoms. The van der Waals surface area contributed by atoms with Gasteiger partial charge in [-0.1, -0.05) is 13.3 Å². The molecule has 1 saturated heterocycles. The Morgan fingerprint density at radius 3 is 2.95 bits per heavy atom. The largest absolute Gasteiger partial charge is 0.397 e. The molecular weight excluding hydrogens is 284 g/mol. The molecule has 0 bridgehead atoms. The van der Waals surface area contributed by atoms with Gasteiger partial charge in [0.15, 0.2) is 0 Å². The summed E-state index contributed by atoms with van der Waals surface area (Å²) < 4.78 is 1.81. The van der Waals surface area contributed by atoms with Crippen LogP contribution in [0.15, 0.2) is 0 Å². The SMILES string of the molecule is CCC1CCCN(C(=O)c2sc3c(c(C)nn3C)c2N)C1. The molecule has 2 N–H and O–H groups in total. The number of carbonyl (C=O) groups is 1. The van der Waals surface area contributed by atoms with E-state index < -0.39 is 0 Å². The van der Waals surface area contributed by atoms with Crippen LogP contribution in [0.2, 0.25) is 0 Å². The van der Waals surface area contributed by atoms with E-state index in [-0.39, 0.29) is 5.91 Å². The number of carbonyl (C=O) groups excluding carboxylic acids is 1. The summed E-state index contributed by atoms with van der Waals surface area (Å²) in [6.07, 6.45) is 3.45. The van der Waals surface area contributed by atoms with E-state index in [2.05, 4.69) is 12.0 Å². The van der Waals surface area contributed by atoms with Gasteiger partial charge < -0.3 is 10.6 Å². The van der Waals surface area contributed by atoms with Crippen molar-refractivity contribution in [2.75, 3.05) is 18.8 Å². The molecular formula is C15H22N4OS. The lowest BCUT2D eigenvalue weighted by atomic mass is 9.95. The highest BCUT2D eigenvalue weighted by Crippen LogP contribution is 2.36. The molecule has 0 radical (unpaired) electrons. The molecule has 0 saturated carbocycles. The van der Waals surface area contributed by atoms with E-state index in [1.807, 2.05) is 23.6 Å². The highest BCUT2D eigenvalue weighted by atomic mass is 32.1. The number of nitrogens with zero attached hydrogens (tertiary/aromatic N) is 3. The first-order valence-electron chi connectivity index (χ1n) is 7.53. The normalized spacial score (nSPS) is 19.4. The van der Waals surface area contributed by atoms with Crippen molar-refractivity contribution in [2.45, 2.75) is 33.1 Å². The molecule has 6 heteroatoms. The minimum absolute atomic E-state index is 0.0891. The van der Waals surface area contributed by atoms with E-state index in [9.17, 15) is 4.79 Å². The zero-order valence-electron chi connectivity index (χ0n) is 12.8. The van der Waals surface area contributed by atoms with Gasteiger partial charge in [-0.25, -0.2) is 0 Å². The Hall–Kier alpha value is -1.56. The number of piperidine rings is 1. The van der Waals surface area contributed by atoms with Crippen LogP contribution in [0.3, 0.4) is 0 Å². The monoisotopic (exact) mass is 306 g/mol. The summed E-state index contributed by atoms with van der Waals surface area (Å²) in [7, 11) is 1.90. The van der Waals surface area contributed by atoms with Crippen molar-refractivity contribution in [1.29, 1.82) is 0 Å². The Labute approximate surface area is 128 Å². The van der Waals surface area contributed by atoms with Gasteiger partial charge in [0.2, 0.25) is 0 Å². The molecule has 1 aliphatic rings. The fourth-order valence-corrected chi connectivity index (χ4v) is 4.37. The summed E-state index contributed by atoms with van der Waals surface area (Å²) >= 11 is 1.47. The van der Waals surface area contributed by atoms with Crippen LogP contribution in [0.1, 0.15) is 41.6 Å². The summed E-state index contributed by atoms with van der Waals surface area (Å²) in [4.78, 5) is 16.4. The molecule has 1 amide bonds. The van der Waals surface area contributed by atoms with Gasteiger partial charge in [-0.3, -0.25) is 9.48 Å². The Kier molecular flexibility index (Phi) is 3.65. The van der Waals surface area contributed by atoms with Crippen molar-refractivity contribution in [3.05, 3.63) is 10.6 Å². The van der Waals surface area contributed by atoms with Crippen LogP contribution >= 0.6 is 11.3 Å². The van der Waals surface area contributed by atoms with E-state index in [0.717, 1.165) is 41.8 Å². The molecule has 5 nitrogen and oxygen atoms in total. The second-order valence-corrected chi connectivity index (χ2v) is 6.90. The van der Waals surface area contributed by atoms with Gasteiger partial charge >= 0.3 is 0 Å². The van der Waals surface area contributed by atoms with Crippen LogP contribution in [0.5, 0.6) is 0 Å². The minimum atomic E-state index is 0.0891. The first kappa shape index (κ1) is 14.4. The minimum Gasteiger partial charge on any atom is -0.397 e. The molecule has 3 rings (SSSR count). The van der Waals surface area contributed by atoms with Gasteiger partial charge in [-0.2, -0.15) is 5.10 Å². The number of fused-ring (bicyclic) bond motifs is 1. The highest BCUT2D eigenvalue weighted by molar-refractivity contribution is 7.21. The standard InChI is InChI=1S/C15H22N4OS/c1-4-10-6-5-7-19(8-10)14(20)13-12(16)11-9(2)17-18(3)15(11)21-13/h10H,4-8,16H2,1-3H3. The first-order valence-corrected chi connectivity index (χ1v) is 8.35. The van der Waals surface area contributed by atoms with Gasteiger partial charge in [0.1, 0.15) is 9.71 Å². The van der Waals surface area contributed by atoms with Crippen molar-refractivity contribution in [3.8, 4) is 0 Å². The van der Waals surface area contributed by atoms with Crippen molar-refractivity contribution in [2.24, 2.45) is 13.0 Å². The third-order valence-corrected chi connectivity index (χ3v) is 5.72. The molecule has 1 atom stereocenters. The van der Waals surface area contributed by atoms with Gasteiger partial charge in [0.25, 0.3) is 5.91 Å². The molecule has 1 aliphatic heterocycles. The predicted molar refractivity (Wildman–Crippen MR) is 86.7 cm³/mol. The van der Waals surface area contributed by atoms with Crippen LogP contribution in [-0.4, -0.2) is 33.7 Å². The number of aromatic nitrogens is 2. The Balaban J connectivity index is 1.94. The molecule has 2 aromatic rings. The van der Waals surface area contributed by atoms with Gasteiger partial charge in [0, 0.05) is 20.1 Å². The second-order valence-electron chi connectivity index (χ2n) is 5.90. The third kappa shape index (κ3) is 2.31. The van der Waals surface area contributed by atoms with Gasteiger partial charge in [0.05, 0.1) is 16.8 Å². The third-order valence-electron chi connectivity index (χ3n) is 4.46. The number of hydrogen-bond acceptors (Lipinski definition) is 4. The van der Waals surface area contributed by atoms with E-state index in [0.29, 0.717) is 16.5 Å². The number of rotatable bonds is 2. The quantitative estimate of drug-likeness (QED) is 0.928. The molecule has 1 fully saturated rings. The summed E-state index contributed by atoms with van der Waals surface area (Å²) in [5.41, 5.74) is 7.73. The van der Waals surface area contributed by atoms with E-state index in [4.69, 9.17) is 5.73 Å². The summed E-state index contributed by atoms with van der Waals surface area (Å²) in [6, 6.07) is 0. The number of likely N-dealkylation sites (tertiary alicyclic amines) is 1.